The minimum absolute atomic E-state index is 0.0688. The van der Waals surface area contributed by atoms with Gasteiger partial charge in [-0.2, -0.15) is 0 Å². The number of hydrogen-bond acceptors (Lipinski definition) is 6. The van der Waals surface area contributed by atoms with Gasteiger partial charge in [0.1, 0.15) is 11.6 Å². The smallest absolute Gasteiger partial charge is 0.199 e. The normalized spacial score (nSPS) is 12.1. The number of rotatable bonds is 8. The Labute approximate surface area is 196 Å². The number of hydrogen-bond donors (Lipinski definition) is 1. The molecule has 1 atom stereocenters. The van der Waals surface area contributed by atoms with Crippen molar-refractivity contribution in [1.29, 1.82) is 0 Å². The molecular weight excluding hydrogens is 462 g/mol. The van der Waals surface area contributed by atoms with Crippen molar-refractivity contribution in [3.63, 3.8) is 0 Å². The van der Waals surface area contributed by atoms with E-state index in [1.165, 1.54) is 18.2 Å². The molecule has 0 spiro atoms. The molecule has 0 bridgehead atoms. The first-order valence-electron chi connectivity index (χ1n) is 10.4. The lowest BCUT2D eigenvalue weighted by atomic mass is 9.97. The van der Waals surface area contributed by atoms with Crippen LogP contribution in [0.3, 0.4) is 0 Å². The number of benzene rings is 2. The maximum absolute atomic E-state index is 15.0. The maximum Gasteiger partial charge on any atom is 0.199 e. The second-order valence-electron chi connectivity index (χ2n) is 7.60. The van der Waals surface area contributed by atoms with E-state index < -0.39 is 34.2 Å². The Balaban J connectivity index is 1.64. The molecule has 0 saturated heterocycles. The van der Waals surface area contributed by atoms with Crippen LogP contribution in [0.4, 0.5) is 8.78 Å². The van der Waals surface area contributed by atoms with Crippen molar-refractivity contribution in [3.8, 4) is 11.3 Å². The van der Waals surface area contributed by atoms with E-state index in [-0.39, 0.29) is 30.5 Å². The molecule has 4 rings (SSSR count). The van der Waals surface area contributed by atoms with Gasteiger partial charge < -0.3 is 4.55 Å². The van der Waals surface area contributed by atoms with Crippen LogP contribution in [-0.4, -0.2) is 36.0 Å². The predicted molar refractivity (Wildman–Crippen MR) is 123 cm³/mol. The molecule has 0 aliphatic heterocycles. The fraction of sp³-hybridized carbons (Fsp3) is 0.167. The molecular formula is C24H19F2N4O3S-. The zero-order chi connectivity index (χ0) is 24.2. The van der Waals surface area contributed by atoms with Crippen molar-refractivity contribution in [2.24, 2.45) is 0 Å². The first-order valence-corrected chi connectivity index (χ1v) is 11.4. The molecule has 4 aromatic rings. The molecule has 2 heterocycles. The number of carbonyl (C=O) groups is 1. The number of nitrogens with one attached hydrogen (secondary N) is 1. The summed E-state index contributed by atoms with van der Waals surface area (Å²) in [6.45, 7) is 1.96. The fourth-order valence-electron chi connectivity index (χ4n) is 3.49. The number of carbonyl (C=O) groups excluding carboxylic acids is 1. The standard InChI is InChI=1S/C24H20F2N4O3S/c1-14-4-5-17(12-27-14)21-13-28-19-9-7-16(11-20(19)30-21)24(31)22-18(25)8-6-15(23(22)26)3-2-10-29-34(32)33/h4-9,11-13,29H,2-3,10H2,1H3,(H,32,33)/p-1. The molecule has 174 valence electrons. The minimum atomic E-state index is -2.42. The molecule has 1 unspecified atom stereocenters. The van der Waals surface area contributed by atoms with E-state index in [2.05, 4.69) is 19.7 Å². The summed E-state index contributed by atoms with van der Waals surface area (Å²) in [6, 6.07) is 10.5. The Kier molecular flexibility index (Phi) is 7.11. The van der Waals surface area contributed by atoms with Gasteiger partial charge in [-0.05, 0) is 61.7 Å². The highest BCUT2D eigenvalue weighted by molar-refractivity contribution is 7.77. The highest BCUT2D eigenvalue weighted by Gasteiger charge is 2.22. The zero-order valence-electron chi connectivity index (χ0n) is 18.0. The van der Waals surface area contributed by atoms with Crippen molar-refractivity contribution in [2.75, 3.05) is 6.54 Å². The van der Waals surface area contributed by atoms with E-state index in [1.807, 2.05) is 19.1 Å². The van der Waals surface area contributed by atoms with E-state index >= 15 is 4.39 Å². The van der Waals surface area contributed by atoms with E-state index in [0.29, 0.717) is 16.7 Å². The number of aromatic nitrogens is 3. The Morgan fingerprint density at radius 3 is 2.62 bits per heavy atom. The largest absolute Gasteiger partial charge is 0.760 e. The van der Waals surface area contributed by atoms with Crippen molar-refractivity contribution in [3.05, 3.63) is 88.9 Å². The maximum atomic E-state index is 15.0. The first kappa shape index (κ1) is 23.7. The summed E-state index contributed by atoms with van der Waals surface area (Å²) in [5.74, 6) is -2.75. The van der Waals surface area contributed by atoms with Crippen LogP contribution in [0.1, 0.15) is 33.6 Å². The summed E-state index contributed by atoms with van der Waals surface area (Å²) < 4.78 is 52.8. The number of halogens is 2. The third-order valence-electron chi connectivity index (χ3n) is 5.25. The van der Waals surface area contributed by atoms with Crippen LogP contribution in [0.5, 0.6) is 0 Å². The van der Waals surface area contributed by atoms with Crippen molar-refractivity contribution < 1.29 is 22.3 Å². The van der Waals surface area contributed by atoms with Crippen LogP contribution in [0.15, 0.2) is 54.9 Å². The topological polar surface area (TPSA) is 108 Å². The third-order valence-corrected chi connectivity index (χ3v) is 5.69. The molecule has 2 aromatic carbocycles. The van der Waals surface area contributed by atoms with Crippen molar-refractivity contribution >= 4 is 28.1 Å². The quantitative estimate of drug-likeness (QED) is 0.233. The summed E-state index contributed by atoms with van der Waals surface area (Å²) in [4.78, 5) is 26.2. The average molecular weight is 482 g/mol. The summed E-state index contributed by atoms with van der Waals surface area (Å²) in [5, 5.41) is 0. The second-order valence-corrected chi connectivity index (χ2v) is 8.36. The highest BCUT2D eigenvalue weighted by atomic mass is 32.2. The molecule has 1 N–H and O–H groups in total. The van der Waals surface area contributed by atoms with E-state index in [0.717, 1.165) is 17.3 Å². The van der Waals surface area contributed by atoms with Crippen LogP contribution in [-0.2, 0) is 17.7 Å². The molecule has 10 heteroatoms. The van der Waals surface area contributed by atoms with Gasteiger partial charge >= 0.3 is 0 Å². The molecule has 7 nitrogen and oxygen atoms in total. The van der Waals surface area contributed by atoms with E-state index in [4.69, 9.17) is 0 Å². The molecule has 0 amide bonds. The second kappa shape index (κ2) is 10.2. The van der Waals surface area contributed by atoms with Gasteiger partial charge in [0.25, 0.3) is 0 Å². The van der Waals surface area contributed by atoms with Crippen LogP contribution in [0.2, 0.25) is 0 Å². The zero-order valence-corrected chi connectivity index (χ0v) is 18.9. The van der Waals surface area contributed by atoms with Crippen LogP contribution in [0, 0.1) is 18.6 Å². The van der Waals surface area contributed by atoms with Gasteiger partial charge in [-0.25, -0.2) is 18.5 Å². The van der Waals surface area contributed by atoms with Gasteiger partial charge in [0, 0.05) is 40.8 Å². The predicted octanol–water partition coefficient (Wildman–Crippen LogP) is 3.83. The number of pyridine rings is 1. The van der Waals surface area contributed by atoms with E-state index in [9.17, 15) is 17.9 Å². The van der Waals surface area contributed by atoms with E-state index in [1.54, 1.807) is 18.5 Å². The Morgan fingerprint density at radius 1 is 1.06 bits per heavy atom. The molecule has 0 aliphatic rings. The minimum Gasteiger partial charge on any atom is -0.760 e. The Bertz CT molecular complexity index is 1400. The van der Waals surface area contributed by atoms with Gasteiger partial charge in [0.2, 0.25) is 0 Å². The van der Waals surface area contributed by atoms with Gasteiger partial charge in [-0.15, -0.1) is 0 Å². The number of nitrogens with zero attached hydrogens (tertiary/aromatic N) is 3. The van der Waals surface area contributed by atoms with Crippen molar-refractivity contribution in [1.82, 2.24) is 19.7 Å². The lowest BCUT2D eigenvalue weighted by Gasteiger charge is -2.11. The van der Waals surface area contributed by atoms with Gasteiger partial charge in [-0.3, -0.25) is 19.0 Å². The van der Waals surface area contributed by atoms with Crippen LogP contribution >= 0.6 is 0 Å². The first-order chi connectivity index (χ1) is 16.3. The SMILES string of the molecule is Cc1ccc(-c2cnc3ccc(C(=O)c4c(F)ccc(CCCNS(=O)[O-])c4F)cc3n2)cn1. The summed E-state index contributed by atoms with van der Waals surface area (Å²) >= 11 is -2.42. The summed E-state index contributed by atoms with van der Waals surface area (Å²) in [5.41, 5.74) is 2.61. The monoisotopic (exact) mass is 481 g/mol. The molecule has 0 saturated carbocycles. The third kappa shape index (κ3) is 5.19. The molecule has 2 aromatic heterocycles. The van der Waals surface area contributed by atoms with Gasteiger partial charge in [0.05, 0.1) is 28.5 Å². The molecule has 0 radical (unpaired) electrons. The lowest BCUT2D eigenvalue weighted by molar-refractivity contribution is 0.103. The number of fused-ring (bicyclic) bond motifs is 1. The Morgan fingerprint density at radius 2 is 1.88 bits per heavy atom. The molecule has 0 aliphatic carbocycles. The summed E-state index contributed by atoms with van der Waals surface area (Å²) in [7, 11) is 0. The van der Waals surface area contributed by atoms with Crippen LogP contribution < -0.4 is 4.72 Å². The highest BCUT2D eigenvalue weighted by Crippen LogP contribution is 2.24. The van der Waals surface area contributed by atoms with Gasteiger partial charge in [0.15, 0.2) is 5.78 Å². The van der Waals surface area contributed by atoms with Crippen LogP contribution in [0.25, 0.3) is 22.3 Å². The van der Waals surface area contributed by atoms with Gasteiger partial charge in [-0.1, -0.05) is 6.07 Å². The summed E-state index contributed by atoms with van der Waals surface area (Å²) in [6.07, 6.45) is 3.68. The number of ketones is 1. The average Bonchev–Trinajstić information content (AvgIpc) is 2.82. The fourth-order valence-corrected chi connectivity index (χ4v) is 3.80. The molecule has 34 heavy (non-hydrogen) atoms. The Hall–Kier alpha value is -3.47. The molecule has 0 fully saturated rings. The number of aryl methyl sites for hydroxylation is 2. The van der Waals surface area contributed by atoms with Crippen molar-refractivity contribution in [2.45, 2.75) is 19.8 Å². The lowest BCUT2D eigenvalue weighted by Crippen LogP contribution is -2.18.